The summed E-state index contributed by atoms with van der Waals surface area (Å²) in [4.78, 5) is 22.4. The van der Waals surface area contributed by atoms with Gasteiger partial charge in [-0.25, -0.2) is 8.78 Å². The van der Waals surface area contributed by atoms with E-state index in [0.717, 1.165) is 30.0 Å². The summed E-state index contributed by atoms with van der Waals surface area (Å²) in [6, 6.07) is 9.46. The number of amides is 1. The number of amidine groups is 1. The van der Waals surface area contributed by atoms with Crippen LogP contribution >= 0.6 is 11.8 Å². The number of carboxylic acid groups (broad SMARTS) is 1. The van der Waals surface area contributed by atoms with Crippen LogP contribution in [0.4, 0.5) is 8.78 Å². The summed E-state index contributed by atoms with van der Waals surface area (Å²) in [6.07, 6.45) is 1.02. The van der Waals surface area contributed by atoms with Crippen molar-refractivity contribution < 1.29 is 28.2 Å². The number of nitrogens with one attached hydrogen (secondary N) is 1. The maximum atomic E-state index is 13.3. The Morgan fingerprint density at radius 3 is 2.68 bits per heavy atom. The average Bonchev–Trinajstić information content (AvgIpc) is 2.94. The summed E-state index contributed by atoms with van der Waals surface area (Å²) in [6.45, 7) is 0. The highest BCUT2D eigenvalue weighted by atomic mass is 32.2. The Hall–Kier alpha value is -3.27. The zero-order chi connectivity index (χ0) is 20.1. The lowest BCUT2D eigenvalue weighted by molar-refractivity contribution is -0.138. The molecule has 0 radical (unpaired) electrons. The highest BCUT2D eigenvalue weighted by molar-refractivity contribution is 8.15. The highest BCUT2D eigenvalue weighted by Gasteiger charge is 2.32. The number of carbonyl (C=O) groups is 2. The van der Waals surface area contributed by atoms with E-state index in [0.29, 0.717) is 11.3 Å². The molecular formula is C18H13F2N3O4S. The Morgan fingerprint density at radius 1 is 1.25 bits per heavy atom. The van der Waals surface area contributed by atoms with Crippen LogP contribution in [0.25, 0.3) is 0 Å². The van der Waals surface area contributed by atoms with Crippen LogP contribution in [-0.4, -0.2) is 33.6 Å². The van der Waals surface area contributed by atoms with Gasteiger partial charge < -0.3 is 15.2 Å². The Morgan fingerprint density at radius 2 is 1.96 bits per heavy atom. The molecule has 144 valence electrons. The first kappa shape index (κ1) is 19.5. The molecule has 0 bridgehead atoms. The molecule has 2 aromatic carbocycles. The van der Waals surface area contributed by atoms with Crippen molar-refractivity contribution in [1.29, 1.82) is 0 Å². The van der Waals surface area contributed by atoms with Gasteiger partial charge in [0.1, 0.15) is 28.4 Å². The van der Waals surface area contributed by atoms with Crippen molar-refractivity contribution >= 4 is 35.0 Å². The molecule has 0 aromatic heterocycles. The molecule has 28 heavy (non-hydrogen) atoms. The monoisotopic (exact) mass is 405 g/mol. The van der Waals surface area contributed by atoms with Crippen LogP contribution in [0.2, 0.25) is 0 Å². The Kier molecular flexibility index (Phi) is 5.99. The van der Waals surface area contributed by atoms with Gasteiger partial charge in [-0.1, -0.05) is 23.9 Å². The predicted molar refractivity (Wildman–Crippen MR) is 99.7 cm³/mol. The van der Waals surface area contributed by atoms with E-state index in [4.69, 9.17) is 9.84 Å². The minimum Gasteiger partial charge on any atom is -0.481 e. The maximum absolute atomic E-state index is 13.3. The molecule has 3 rings (SSSR count). The lowest BCUT2D eigenvalue weighted by Gasteiger charge is -2.08. The number of ether oxygens (including phenoxy) is 1. The molecule has 7 nitrogen and oxygen atoms in total. The number of rotatable bonds is 6. The minimum atomic E-state index is -1.09. The van der Waals surface area contributed by atoms with E-state index in [1.807, 2.05) is 0 Å². The largest absolute Gasteiger partial charge is 0.481 e. The fourth-order valence-electron chi connectivity index (χ4n) is 2.28. The Bertz CT molecular complexity index is 961. The van der Waals surface area contributed by atoms with Gasteiger partial charge in [-0.15, -0.1) is 5.10 Å². The summed E-state index contributed by atoms with van der Waals surface area (Å²) in [5.74, 6) is -2.78. The van der Waals surface area contributed by atoms with Gasteiger partial charge in [-0.05, 0) is 12.1 Å². The van der Waals surface area contributed by atoms with E-state index in [-0.39, 0.29) is 17.3 Å². The Balaban J connectivity index is 1.73. The van der Waals surface area contributed by atoms with Gasteiger partial charge >= 0.3 is 5.97 Å². The number of para-hydroxylation sites is 1. The smallest absolute Gasteiger partial charge is 0.305 e. The molecule has 0 spiro atoms. The third-order valence-corrected chi connectivity index (χ3v) is 4.54. The molecule has 0 aliphatic carbocycles. The van der Waals surface area contributed by atoms with Crippen molar-refractivity contribution in [2.75, 3.05) is 0 Å². The van der Waals surface area contributed by atoms with E-state index in [9.17, 15) is 18.4 Å². The normalized spacial score (nSPS) is 17.9. The molecule has 1 saturated heterocycles. The average molecular weight is 405 g/mol. The van der Waals surface area contributed by atoms with Gasteiger partial charge in [-0.3, -0.25) is 9.59 Å². The van der Waals surface area contributed by atoms with Crippen LogP contribution in [0, 0.1) is 11.6 Å². The number of nitrogens with zero attached hydrogens (tertiary/aromatic N) is 2. The SMILES string of the molecule is O=C(O)CC1SC(=NN=Cc2ccccc2Oc2cc(F)cc(F)c2)NC1=O. The van der Waals surface area contributed by atoms with E-state index < -0.39 is 28.8 Å². The molecule has 1 unspecified atom stereocenters. The number of hydrogen-bond donors (Lipinski definition) is 2. The van der Waals surface area contributed by atoms with Crippen molar-refractivity contribution in [3.8, 4) is 11.5 Å². The van der Waals surface area contributed by atoms with E-state index >= 15 is 0 Å². The minimum absolute atomic E-state index is 0.0141. The van der Waals surface area contributed by atoms with Crippen molar-refractivity contribution in [3.05, 3.63) is 59.7 Å². The van der Waals surface area contributed by atoms with Gasteiger partial charge in [0.15, 0.2) is 5.17 Å². The lowest BCUT2D eigenvalue weighted by atomic mass is 10.2. The molecule has 1 fully saturated rings. The summed E-state index contributed by atoms with van der Waals surface area (Å²) < 4.78 is 32.1. The van der Waals surface area contributed by atoms with Crippen LogP contribution < -0.4 is 10.1 Å². The first-order valence-corrected chi connectivity index (χ1v) is 8.82. The molecule has 10 heteroatoms. The molecule has 1 aliphatic heterocycles. The van der Waals surface area contributed by atoms with Gasteiger partial charge in [0, 0.05) is 23.8 Å². The van der Waals surface area contributed by atoms with Crippen molar-refractivity contribution in [3.63, 3.8) is 0 Å². The fraction of sp³-hybridized carbons (Fsp3) is 0.111. The van der Waals surface area contributed by atoms with Crippen LogP contribution in [0.1, 0.15) is 12.0 Å². The fourth-order valence-corrected chi connectivity index (χ4v) is 3.20. The number of hydrogen-bond acceptors (Lipinski definition) is 6. The van der Waals surface area contributed by atoms with Gasteiger partial charge in [0.05, 0.1) is 12.6 Å². The molecule has 1 amide bonds. The lowest BCUT2D eigenvalue weighted by Crippen LogP contribution is -2.26. The van der Waals surface area contributed by atoms with E-state index in [1.165, 1.54) is 6.21 Å². The quantitative estimate of drug-likeness (QED) is 0.568. The van der Waals surface area contributed by atoms with Crippen molar-refractivity contribution in [2.45, 2.75) is 11.7 Å². The Labute approximate surface area is 162 Å². The zero-order valence-corrected chi connectivity index (χ0v) is 15.0. The molecule has 2 N–H and O–H groups in total. The van der Waals surface area contributed by atoms with Gasteiger partial charge in [0.25, 0.3) is 0 Å². The molecule has 2 aromatic rings. The van der Waals surface area contributed by atoms with Crippen molar-refractivity contribution in [2.24, 2.45) is 10.2 Å². The standard InChI is InChI=1S/C18H13F2N3O4S/c19-11-5-12(20)7-13(6-11)27-14-4-2-1-3-10(14)9-21-23-18-22-17(26)15(28-18)8-16(24)25/h1-7,9,15H,8H2,(H,24,25)(H,22,23,26). The van der Waals surface area contributed by atoms with Crippen LogP contribution in [0.15, 0.2) is 52.7 Å². The first-order chi connectivity index (χ1) is 13.4. The number of thioether (sulfide) groups is 1. The zero-order valence-electron chi connectivity index (χ0n) is 14.1. The van der Waals surface area contributed by atoms with Gasteiger partial charge in [0.2, 0.25) is 5.91 Å². The molecular weight excluding hydrogens is 392 g/mol. The second kappa shape index (κ2) is 8.61. The van der Waals surface area contributed by atoms with Crippen molar-refractivity contribution in [1.82, 2.24) is 5.32 Å². The first-order valence-electron chi connectivity index (χ1n) is 7.94. The second-order valence-electron chi connectivity index (χ2n) is 5.59. The number of carbonyl (C=O) groups excluding carboxylic acids is 1. The summed E-state index contributed by atoms with van der Waals surface area (Å²) in [5.41, 5.74) is 0.480. The topological polar surface area (TPSA) is 100 Å². The summed E-state index contributed by atoms with van der Waals surface area (Å²) >= 11 is 0.972. The van der Waals surface area contributed by atoms with E-state index in [2.05, 4.69) is 15.5 Å². The highest BCUT2D eigenvalue weighted by Crippen LogP contribution is 2.26. The molecule has 1 atom stereocenters. The number of benzene rings is 2. The maximum Gasteiger partial charge on any atom is 0.305 e. The van der Waals surface area contributed by atoms with Crippen LogP contribution in [-0.2, 0) is 9.59 Å². The third kappa shape index (κ3) is 5.13. The van der Waals surface area contributed by atoms with Crippen LogP contribution in [0.5, 0.6) is 11.5 Å². The predicted octanol–water partition coefficient (Wildman–Crippen LogP) is 3.15. The second-order valence-corrected chi connectivity index (χ2v) is 6.78. The summed E-state index contributed by atoms with van der Waals surface area (Å²) in [5, 5.41) is 18.3. The number of carboxylic acids is 1. The van der Waals surface area contributed by atoms with E-state index in [1.54, 1.807) is 24.3 Å². The molecule has 1 heterocycles. The molecule has 0 saturated carbocycles. The number of aliphatic carboxylic acids is 1. The van der Waals surface area contributed by atoms with Gasteiger partial charge in [-0.2, -0.15) is 5.10 Å². The molecule has 1 aliphatic rings. The summed E-state index contributed by atoms with van der Waals surface area (Å²) in [7, 11) is 0. The number of halogens is 2. The third-order valence-electron chi connectivity index (χ3n) is 3.46. The van der Waals surface area contributed by atoms with Crippen LogP contribution in [0.3, 0.4) is 0 Å².